The Hall–Kier alpha value is -0.480. The average molecular weight is 352 g/mol. The molecule has 3 nitrogen and oxygen atoms in total. The first-order valence-electron chi connectivity index (χ1n) is 6.94. The molecule has 0 heterocycles. The van der Waals surface area contributed by atoms with Crippen molar-refractivity contribution in [2.24, 2.45) is 5.73 Å². The SMILES string of the molecule is CC(Cc1ccc(Cl)cc1Cl)NC(=O)C1(N)CCCC1.Cl. The van der Waals surface area contributed by atoms with Gasteiger partial charge in [0.25, 0.3) is 0 Å². The van der Waals surface area contributed by atoms with E-state index in [0.717, 1.165) is 31.2 Å². The molecule has 1 aliphatic rings. The maximum atomic E-state index is 12.2. The lowest BCUT2D eigenvalue weighted by Crippen LogP contribution is -2.54. The van der Waals surface area contributed by atoms with Gasteiger partial charge < -0.3 is 11.1 Å². The summed E-state index contributed by atoms with van der Waals surface area (Å²) in [5.41, 5.74) is 6.43. The number of amides is 1. The zero-order valence-electron chi connectivity index (χ0n) is 12.0. The topological polar surface area (TPSA) is 55.1 Å². The van der Waals surface area contributed by atoms with Crippen molar-refractivity contribution in [2.45, 2.75) is 50.6 Å². The molecule has 1 unspecified atom stereocenters. The van der Waals surface area contributed by atoms with Crippen molar-refractivity contribution in [3.05, 3.63) is 33.8 Å². The van der Waals surface area contributed by atoms with Crippen LogP contribution in [-0.4, -0.2) is 17.5 Å². The molecular formula is C15H21Cl3N2O. The summed E-state index contributed by atoms with van der Waals surface area (Å²) in [6.07, 6.45) is 4.26. The van der Waals surface area contributed by atoms with E-state index in [4.69, 9.17) is 28.9 Å². The third-order valence-corrected chi connectivity index (χ3v) is 4.45. The molecule has 6 heteroatoms. The van der Waals surface area contributed by atoms with Crippen LogP contribution in [0.25, 0.3) is 0 Å². The summed E-state index contributed by atoms with van der Waals surface area (Å²) in [4.78, 5) is 12.2. The average Bonchev–Trinajstić information content (AvgIpc) is 2.81. The van der Waals surface area contributed by atoms with Gasteiger partial charge in [0.1, 0.15) is 0 Å². The first-order valence-corrected chi connectivity index (χ1v) is 7.70. The van der Waals surface area contributed by atoms with Crippen LogP contribution in [0.3, 0.4) is 0 Å². The van der Waals surface area contributed by atoms with Crippen molar-refractivity contribution in [3.63, 3.8) is 0 Å². The molecule has 2 rings (SSSR count). The summed E-state index contributed by atoms with van der Waals surface area (Å²) in [7, 11) is 0. The van der Waals surface area contributed by atoms with Gasteiger partial charge in [0.15, 0.2) is 0 Å². The van der Waals surface area contributed by atoms with Gasteiger partial charge in [-0.3, -0.25) is 4.79 Å². The number of hydrogen-bond acceptors (Lipinski definition) is 2. The molecule has 1 aromatic rings. The number of rotatable bonds is 4. The van der Waals surface area contributed by atoms with Gasteiger partial charge >= 0.3 is 0 Å². The van der Waals surface area contributed by atoms with Crippen molar-refractivity contribution < 1.29 is 4.79 Å². The lowest BCUT2D eigenvalue weighted by molar-refractivity contribution is -0.126. The standard InChI is InChI=1S/C15H20Cl2N2O.ClH/c1-10(8-11-4-5-12(16)9-13(11)17)19-14(20)15(18)6-2-3-7-15;/h4-5,9-10H,2-3,6-8,18H2,1H3,(H,19,20);1H. The first kappa shape index (κ1) is 18.6. The third-order valence-electron chi connectivity index (χ3n) is 3.87. The number of hydrogen-bond donors (Lipinski definition) is 2. The number of halogens is 3. The predicted octanol–water partition coefficient (Wildman–Crippen LogP) is 3.73. The third kappa shape index (κ3) is 4.75. The highest BCUT2D eigenvalue weighted by molar-refractivity contribution is 6.35. The summed E-state index contributed by atoms with van der Waals surface area (Å²) in [5.74, 6) is -0.0485. The summed E-state index contributed by atoms with van der Waals surface area (Å²) in [5, 5.41) is 4.24. The van der Waals surface area contributed by atoms with Gasteiger partial charge in [-0.15, -0.1) is 12.4 Å². The van der Waals surface area contributed by atoms with Gasteiger partial charge in [0.05, 0.1) is 5.54 Å². The maximum absolute atomic E-state index is 12.2. The quantitative estimate of drug-likeness (QED) is 0.868. The summed E-state index contributed by atoms with van der Waals surface area (Å²) < 4.78 is 0. The van der Waals surface area contributed by atoms with Crippen LogP contribution >= 0.6 is 35.6 Å². The highest BCUT2D eigenvalue weighted by atomic mass is 35.5. The van der Waals surface area contributed by atoms with E-state index in [1.807, 2.05) is 13.0 Å². The minimum Gasteiger partial charge on any atom is -0.352 e. The van der Waals surface area contributed by atoms with Crippen LogP contribution in [0.2, 0.25) is 10.0 Å². The van der Waals surface area contributed by atoms with Crippen LogP contribution in [0, 0.1) is 0 Å². The van der Waals surface area contributed by atoms with Gasteiger partial charge in [-0.25, -0.2) is 0 Å². The second-order valence-corrected chi connectivity index (χ2v) is 6.52. The second kappa shape index (κ2) is 7.68. The molecule has 1 fully saturated rings. The van der Waals surface area contributed by atoms with Gasteiger partial charge in [-0.1, -0.05) is 42.1 Å². The Morgan fingerprint density at radius 2 is 2.00 bits per heavy atom. The van der Waals surface area contributed by atoms with E-state index in [2.05, 4.69) is 5.32 Å². The van der Waals surface area contributed by atoms with Crippen molar-refractivity contribution in [1.29, 1.82) is 0 Å². The van der Waals surface area contributed by atoms with Crippen LogP contribution in [-0.2, 0) is 11.2 Å². The molecule has 0 saturated heterocycles. The normalized spacial score (nSPS) is 17.9. The Balaban J connectivity index is 0.00000220. The molecule has 1 saturated carbocycles. The number of nitrogens with one attached hydrogen (secondary N) is 1. The van der Waals surface area contributed by atoms with Crippen molar-refractivity contribution >= 4 is 41.5 Å². The van der Waals surface area contributed by atoms with Crippen LogP contribution in [0.1, 0.15) is 38.2 Å². The van der Waals surface area contributed by atoms with Crippen LogP contribution in [0.4, 0.5) is 0 Å². The first-order chi connectivity index (χ1) is 9.40. The fraction of sp³-hybridized carbons (Fsp3) is 0.533. The zero-order valence-corrected chi connectivity index (χ0v) is 14.3. The minimum atomic E-state index is -0.682. The molecule has 1 amide bonds. The number of benzene rings is 1. The Kier molecular flexibility index (Phi) is 6.79. The molecule has 0 radical (unpaired) electrons. The Bertz CT molecular complexity index is 502. The number of nitrogens with two attached hydrogens (primary N) is 1. The van der Waals surface area contributed by atoms with Crippen LogP contribution in [0.15, 0.2) is 18.2 Å². The van der Waals surface area contributed by atoms with E-state index in [1.165, 1.54) is 0 Å². The molecule has 0 aromatic heterocycles. The molecule has 0 aliphatic heterocycles. The Morgan fingerprint density at radius 3 is 2.57 bits per heavy atom. The number of carbonyl (C=O) groups excluding carboxylic acids is 1. The van der Waals surface area contributed by atoms with E-state index < -0.39 is 5.54 Å². The van der Waals surface area contributed by atoms with Gasteiger partial charge in [-0.2, -0.15) is 0 Å². The van der Waals surface area contributed by atoms with Gasteiger partial charge in [-0.05, 0) is 43.9 Å². The van der Waals surface area contributed by atoms with E-state index in [9.17, 15) is 4.79 Å². The molecule has 3 N–H and O–H groups in total. The summed E-state index contributed by atoms with van der Waals surface area (Å²) >= 11 is 12.0. The van der Waals surface area contributed by atoms with Crippen molar-refractivity contribution in [2.75, 3.05) is 0 Å². The maximum Gasteiger partial charge on any atom is 0.240 e. The summed E-state index contributed by atoms with van der Waals surface area (Å²) in [6.45, 7) is 1.96. The second-order valence-electron chi connectivity index (χ2n) is 5.68. The summed E-state index contributed by atoms with van der Waals surface area (Å²) in [6, 6.07) is 5.40. The Morgan fingerprint density at radius 1 is 1.38 bits per heavy atom. The zero-order chi connectivity index (χ0) is 14.8. The smallest absolute Gasteiger partial charge is 0.240 e. The molecule has 118 valence electrons. The van der Waals surface area contributed by atoms with Gasteiger partial charge in [0.2, 0.25) is 5.91 Å². The fourth-order valence-corrected chi connectivity index (χ4v) is 3.15. The predicted molar refractivity (Wildman–Crippen MR) is 90.4 cm³/mol. The van der Waals surface area contributed by atoms with Crippen molar-refractivity contribution in [1.82, 2.24) is 5.32 Å². The molecule has 0 spiro atoms. The lowest BCUT2D eigenvalue weighted by Gasteiger charge is -2.25. The molecule has 0 bridgehead atoms. The van der Waals surface area contributed by atoms with Crippen LogP contribution in [0.5, 0.6) is 0 Å². The largest absolute Gasteiger partial charge is 0.352 e. The highest BCUT2D eigenvalue weighted by Crippen LogP contribution is 2.27. The lowest BCUT2D eigenvalue weighted by atomic mass is 9.97. The molecule has 1 aliphatic carbocycles. The van der Waals surface area contributed by atoms with E-state index in [-0.39, 0.29) is 24.4 Å². The van der Waals surface area contributed by atoms with Crippen molar-refractivity contribution in [3.8, 4) is 0 Å². The minimum absolute atomic E-state index is 0. The molecule has 1 atom stereocenters. The monoisotopic (exact) mass is 350 g/mol. The molecule has 1 aromatic carbocycles. The van der Waals surface area contributed by atoms with E-state index in [0.29, 0.717) is 16.5 Å². The van der Waals surface area contributed by atoms with Gasteiger partial charge in [0, 0.05) is 16.1 Å². The number of carbonyl (C=O) groups is 1. The van der Waals surface area contributed by atoms with E-state index in [1.54, 1.807) is 12.1 Å². The molecule has 21 heavy (non-hydrogen) atoms. The fourth-order valence-electron chi connectivity index (χ4n) is 2.67. The Labute approximate surface area is 142 Å². The highest BCUT2D eigenvalue weighted by Gasteiger charge is 2.37. The van der Waals surface area contributed by atoms with Crippen LogP contribution < -0.4 is 11.1 Å². The molecular weight excluding hydrogens is 331 g/mol. The van der Waals surface area contributed by atoms with E-state index >= 15 is 0 Å².